The lowest BCUT2D eigenvalue weighted by Crippen LogP contribution is -1.87. The first-order chi connectivity index (χ1) is 18.6. The molecular weight excluding hydrogens is 478 g/mol. The van der Waals surface area contributed by atoms with Crippen molar-refractivity contribution in [2.75, 3.05) is 0 Å². The molecule has 38 heavy (non-hydrogen) atoms. The Morgan fingerprint density at radius 2 is 0.868 bits per heavy atom. The summed E-state index contributed by atoms with van der Waals surface area (Å²) < 4.78 is 26.8. The number of nitrogens with zero attached hydrogens (tertiary/aromatic N) is 4. The molecule has 0 bridgehead atoms. The fourth-order valence-electron chi connectivity index (χ4n) is 4.79. The molecule has 4 heterocycles. The van der Waals surface area contributed by atoms with E-state index in [9.17, 15) is 8.78 Å². The first-order valence-electron chi connectivity index (χ1n) is 12.1. The van der Waals surface area contributed by atoms with Crippen molar-refractivity contribution in [3.8, 4) is 0 Å². The molecule has 0 N–H and O–H groups in total. The second kappa shape index (κ2) is 8.78. The molecule has 0 aliphatic carbocycles. The molecule has 0 atom stereocenters. The van der Waals surface area contributed by atoms with E-state index >= 15 is 0 Å². The van der Waals surface area contributed by atoms with Crippen LogP contribution in [0.3, 0.4) is 0 Å². The molecule has 180 valence electrons. The number of hydrogen-bond donors (Lipinski definition) is 0. The average molecular weight is 497 g/mol. The van der Waals surface area contributed by atoms with Crippen LogP contribution in [0.5, 0.6) is 0 Å². The number of halogens is 2. The van der Waals surface area contributed by atoms with E-state index in [0.29, 0.717) is 0 Å². The van der Waals surface area contributed by atoms with Crippen LogP contribution in [0.25, 0.3) is 65.4 Å². The number of fused-ring (bicyclic) bond motifs is 8. The topological polar surface area (TPSA) is 51.6 Å². The third-order valence-electron chi connectivity index (χ3n) is 6.62. The summed E-state index contributed by atoms with van der Waals surface area (Å²) in [6.07, 6.45) is 3.57. The van der Waals surface area contributed by atoms with Gasteiger partial charge in [-0.05, 0) is 60.7 Å². The van der Waals surface area contributed by atoms with Crippen LogP contribution in [-0.2, 0) is 0 Å². The Hall–Kier alpha value is -5.10. The molecule has 8 rings (SSSR count). The summed E-state index contributed by atoms with van der Waals surface area (Å²) >= 11 is 0. The van der Waals surface area contributed by atoms with Gasteiger partial charge in [-0.15, -0.1) is 0 Å². The van der Waals surface area contributed by atoms with Gasteiger partial charge in [-0.25, -0.2) is 18.7 Å². The van der Waals surface area contributed by atoms with Gasteiger partial charge in [-0.3, -0.25) is 9.97 Å². The fourth-order valence-corrected chi connectivity index (χ4v) is 4.79. The lowest BCUT2D eigenvalue weighted by molar-refractivity contribution is 0.629. The van der Waals surface area contributed by atoms with Crippen LogP contribution in [0.4, 0.5) is 8.78 Å². The summed E-state index contributed by atoms with van der Waals surface area (Å²) in [6.45, 7) is 0. The van der Waals surface area contributed by atoms with E-state index in [1.807, 2.05) is 60.7 Å². The smallest absolute Gasteiger partial charge is 0.124 e. The summed E-state index contributed by atoms with van der Waals surface area (Å²) in [5.41, 5.74) is 4.93. The number of aromatic nitrogens is 4. The number of pyridine rings is 4. The zero-order valence-corrected chi connectivity index (χ0v) is 19.9. The second-order valence-electron chi connectivity index (χ2n) is 9.08. The van der Waals surface area contributed by atoms with E-state index in [-0.39, 0.29) is 11.6 Å². The molecule has 4 aromatic heterocycles. The van der Waals surface area contributed by atoms with Crippen LogP contribution in [0.15, 0.2) is 109 Å². The molecule has 0 saturated carbocycles. The second-order valence-corrected chi connectivity index (χ2v) is 9.08. The van der Waals surface area contributed by atoms with Gasteiger partial charge in [0.05, 0.1) is 33.1 Å². The maximum atomic E-state index is 13.4. The summed E-state index contributed by atoms with van der Waals surface area (Å²) in [6, 6.07) is 29.1. The van der Waals surface area contributed by atoms with E-state index in [4.69, 9.17) is 0 Å². The van der Waals surface area contributed by atoms with Crippen molar-refractivity contribution in [1.82, 2.24) is 19.9 Å². The van der Waals surface area contributed by atoms with Gasteiger partial charge in [0, 0.05) is 44.7 Å². The molecule has 0 fully saturated rings. The first kappa shape index (κ1) is 22.1. The minimum atomic E-state index is -0.267. The lowest BCUT2D eigenvalue weighted by atomic mass is 10.1. The molecule has 4 nitrogen and oxygen atoms in total. The number of benzene rings is 4. The highest BCUT2D eigenvalue weighted by molar-refractivity contribution is 6.07. The predicted molar refractivity (Wildman–Crippen MR) is 149 cm³/mol. The van der Waals surface area contributed by atoms with Crippen molar-refractivity contribution in [3.63, 3.8) is 0 Å². The molecule has 0 radical (unpaired) electrons. The van der Waals surface area contributed by atoms with Crippen LogP contribution in [0, 0.1) is 11.6 Å². The first-order valence-corrected chi connectivity index (χ1v) is 12.1. The van der Waals surface area contributed by atoms with Crippen LogP contribution in [0.1, 0.15) is 0 Å². The number of hydrogen-bond acceptors (Lipinski definition) is 4. The molecule has 0 unspecified atom stereocenters. The maximum absolute atomic E-state index is 13.4. The largest absolute Gasteiger partial charge is 0.255 e. The van der Waals surface area contributed by atoms with E-state index in [0.717, 1.165) is 65.4 Å². The van der Waals surface area contributed by atoms with Gasteiger partial charge in [-0.2, -0.15) is 0 Å². The van der Waals surface area contributed by atoms with E-state index < -0.39 is 0 Å². The Balaban J connectivity index is 0.000000127. The molecule has 0 aliphatic rings. The normalized spacial score (nSPS) is 11.4. The molecular formula is C32H18F2N4. The van der Waals surface area contributed by atoms with Crippen molar-refractivity contribution in [1.29, 1.82) is 0 Å². The molecule has 0 amide bonds. The van der Waals surface area contributed by atoms with Crippen molar-refractivity contribution in [2.45, 2.75) is 0 Å². The van der Waals surface area contributed by atoms with Crippen molar-refractivity contribution in [3.05, 3.63) is 121 Å². The minimum Gasteiger partial charge on any atom is -0.255 e. The Bertz CT molecular complexity index is 2020. The summed E-state index contributed by atoms with van der Waals surface area (Å²) in [5.74, 6) is -0.534. The highest BCUT2D eigenvalue weighted by Gasteiger charge is 2.07. The Labute approximate surface area is 215 Å². The molecule has 8 aromatic rings. The van der Waals surface area contributed by atoms with Crippen LogP contribution < -0.4 is 0 Å². The van der Waals surface area contributed by atoms with Gasteiger partial charge in [0.2, 0.25) is 0 Å². The van der Waals surface area contributed by atoms with E-state index in [1.165, 1.54) is 24.3 Å². The Kier molecular flexibility index (Phi) is 5.11. The van der Waals surface area contributed by atoms with Gasteiger partial charge >= 0.3 is 0 Å². The lowest BCUT2D eigenvalue weighted by Gasteiger charge is -2.04. The van der Waals surface area contributed by atoms with Crippen LogP contribution >= 0.6 is 0 Å². The van der Waals surface area contributed by atoms with Crippen LogP contribution in [-0.4, -0.2) is 19.9 Å². The Morgan fingerprint density at radius 3 is 1.34 bits per heavy atom. The molecule has 0 spiro atoms. The molecule has 6 heteroatoms. The Morgan fingerprint density at radius 1 is 0.421 bits per heavy atom. The maximum Gasteiger partial charge on any atom is 0.124 e. The summed E-state index contributed by atoms with van der Waals surface area (Å²) in [5, 5.41) is 5.49. The van der Waals surface area contributed by atoms with Gasteiger partial charge in [0.1, 0.15) is 11.6 Å². The third-order valence-corrected chi connectivity index (χ3v) is 6.62. The number of para-hydroxylation sites is 2. The SMILES string of the molecule is Fc1ccc2ncc3cc4ccccc4nc3c2c1.Fc1ccc2ncc3cc4ccccc4nc3c2c1. The van der Waals surface area contributed by atoms with Crippen molar-refractivity contribution >= 4 is 65.4 Å². The van der Waals surface area contributed by atoms with E-state index in [1.54, 1.807) is 24.5 Å². The van der Waals surface area contributed by atoms with Crippen LogP contribution in [0.2, 0.25) is 0 Å². The minimum absolute atomic E-state index is 0.267. The third kappa shape index (κ3) is 3.83. The fraction of sp³-hybridized carbons (Fsp3) is 0. The average Bonchev–Trinajstić information content (AvgIpc) is 2.95. The molecule has 0 saturated heterocycles. The van der Waals surface area contributed by atoms with Crippen molar-refractivity contribution in [2.24, 2.45) is 0 Å². The van der Waals surface area contributed by atoms with Gasteiger partial charge in [0.15, 0.2) is 0 Å². The molecule has 0 aliphatic heterocycles. The summed E-state index contributed by atoms with van der Waals surface area (Å²) in [7, 11) is 0. The quantitative estimate of drug-likeness (QED) is 0.157. The van der Waals surface area contributed by atoms with E-state index in [2.05, 4.69) is 19.9 Å². The van der Waals surface area contributed by atoms with Gasteiger partial charge < -0.3 is 0 Å². The highest BCUT2D eigenvalue weighted by atomic mass is 19.1. The van der Waals surface area contributed by atoms with Gasteiger partial charge in [-0.1, -0.05) is 36.4 Å². The zero-order chi connectivity index (χ0) is 25.6. The monoisotopic (exact) mass is 496 g/mol. The molecule has 4 aromatic carbocycles. The van der Waals surface area contributed by atoms with Crippen molar-refractivity contribution < 1.29 is 8.78 Å². The number of rotatable bonds is 0. The highest BCUT2D eigenvalue weighted by Crippen LogP contribution is 2.27. The summed E-state index contributed by atoms with van der Waals surface area (Å²) in [4.78, 5) is 18.0. The van der Waals surface area contributed by atoms with Gasteiger partial charge in [0.25, 0.3) is 0 Å². The standard InChI is InChI=1S/2C16H9FN2/c2*17-12-5-6-15-13(8-12)16-11(9-18-15)7-10-3-1-2-4-14(10)19-16/h2*1-9H. The predicted octanol–water partition coefficient (Wildman–Crippen LogP) is 8.15. The zero-order valence-electron chi connectivity index (χ0n) is 19.9.